The number of nitrogen functional groups attached to an aromatic ring is 1. The molecule has 0 spiro atoms. The minimum Gasteiger partial charge on any atom is -0.389 e. The number of amides is 1. The second kappa shape index (κ2) is 7.14. The van der Waals surface area contributed by atoms with Crippen LogP contribution in [0.2, 0.25) is 0 Å². The van der Waals surface area contributed by atoms with E-state index in [0.29, 0.717) is 21.0 Å². The maximum Gasteiger partial charge on any atom is 0.281 e. The number of anilines is 1. The van der Waals surface area contributed by atoms with E-state index < -0.39 is 0 Å². The summed E-state index contributed by atoms with van der Waals surface area (Å²) < 4.78 is 0. The molecule has 5 nitrogen and oxygen atoms in total. The predicted molar refractivity (Wildman–Crippen MR) is 115 cm³/mol. The number of hydrogen-bond donors (Lipinski definition) is 2. The molecule has 0 unspecified atom stereocenters. The number of thiophene rings is 1. The summed E-state index contributed by atoms with van der Waals surface area (Å²) >= 11 is 1.09. The number of nitrogens with zero attached hydrogens (tertiary/aromatic N) is 2. The summed E-state index contributed by atoms with van der Waals surface area (Å²) in [5.74, 6) is -0.378. The number of benzene rings is 3. The SMILES string of the molecule is Cc1c(C(=O)N/N=C\c2c3ccccc3cc3ccccc23)sc(N)c1C#N. The Morgan fingerprint density at radius 2 is 1.75 bits per heavy atom. The van der Waals surface area contributed by atoms with Crippen molar-refractivity contribution in [2.24, 2.45) is 5.10 Å². The van der Waals surface area contributed by atoms with E-state index >= 15 is 0 Å². The van der Waals surface area contributed by atoms with Crippen LogP contribution in [0.3, 0.4) is 0 Å². The van der Waals surface area contributed by atoms with E-state index in [-0.39, 0.29) is 5.91 Å². The van der Waals surface area contributed by atoms with Gasteiger partial charge in [-0.25, -0.2) is 5.43 Å². The van der Waals surface area contributed by atoms with E-state index in [0.717, 1.165) is 38.4 Å². The Kier molecular flexibility index (Phi) is 4.52. The number of nitriles is 1. The minimum absolute atomic E-state index is 0.342. The summed E-state index contributed by atoms with van der Waals surface area (Å²) in [4.78, 5) is 12.9. The predicted octanol–water partition coefficient (Wildman–Crippen LogP) is 4.58. The van der Waals surface area contributed by atoms with Gasteiger partial charge in [-0.3, -0.25) is 4.79 Å². The third-order valence-corrected chi connectivity index (χ3v) is 5.78. The summed E-state index contributed by atoms with van der Waals surface area (Å²) in [6.45, 7) is 1.71. The van der Waals surface area contributed by atoms with Crippen LogP contribution in [-0.4, -0.2) is 12.1 Å². The van der Waals surface area contributed by atoms with Crippen molar-refractivity contribution in [2.75, 3.05) is 5.73 Å². The zero-order chi connectivity index (χ0) is 19.7. The maximum atomic E-state index is 12.5. The molecule has 3 N–H and O–H groups in total. The van der Waals surface area contributed by atoms with Crippen LogP contribution in [0.4, 0.5) is 5.00 Å². The van der Waals surface area contributed by atoms with E-state index in [1.807, 2.05) is 42.5 Å². The van der Waals surface area contributed by atoms with Crippen LogP contribution in [-0.2, 0) is 0 Å². The van der Waals surface area contributed by atoms with Crippen molar-refractivity contribution in [2.45, 2.75) is 6.92 Å². The summed E-state index contributed by atoms with van der Waals surface area (Å²) in [6, 6.07) is 20.3. The number of nitrogens with two attached hydrogens (primary N) is 1. The van der Waals surface area contributed by atoms with Crippen molar-refractivity contribution in [3.05, 3.63) is 76.2 Å². The molecule has 1 heterocycles. The minimum atomic E-state index is -0.378. The van der Waals surface area contributed by atoms with Crippen LogP contribution in [0.5, 0.6) is 0 Å². The zero-order valence-corrected chi connectivity index (χ0v) is 15.9. The number of carbonyl (C=O) groups excluding carboxylic acids is 1. The fourth-order valence-corrected chi connectivity index (χ4v) is 4.20. The average molecular weight is 384 g/mol. The van der Waals surface area contributed by atoms with Crippen LogP contribution in [0.25, 0.3) is 21.5 Å². The molecule has 0 aliphatic heterocycles. The van der Waals surface area contributed by atoms with Gasteiger partial charge in [-0.1, -0.05) is 48.5 Å². The van der Waals surface area contributed by atoms with Crippen molar-refractivity contribution >= 4 is 50.0 Å². The number of hydrazone groups is 1. The maximum absolute atomic E-state index is 12.5. The van der Waals surface area contributed by atoms with E-state index in [1.165, 1.54) is 0 Å². The second-order valence-corrected chi connectivity index (χ2v) is 7.39. The van der Waals surface area contributed by atoms with Crippen LogP contribution in [0, 0.1) is 18.3 Å². The highest BCUT2D eigenvalue weighted by atomic mass is 32.1. The number of fused-ring (bicyclic) bond motifs is 2. The second-order valence-electron chi connectivity index (χ2n) is 6.34. The molecule has 0 saturated heterocycles. The number of hydrogen-bond acceptors (Lipinski definition) is 5. The van der Waals surface area contributed by atoms with Crippen molar-refractivity contribution < 1.29 is 4.79 Å². The van der Waals surface area contributed by atoms with Crippen molar-refractivity contribution in [1.29, 1.82) is 5.26 Å². The third kappa shape index (κ3) is 2.98. The highest BCUT2D eigenvalue weighted by molar-refractivity contribution is 7.18. The topological polar surface area (TPSA) is 91.3 Å². The van der Waals surface area contributed by atoms with Gasteiger partial charge in [0.25, 0.3) is 5.91 Å². The Bertz CT molecular complexity index is 1240. The lowest BCUT2D eigenvalue weighted by Gasteiger charge is -2.08. The van der Waals surface area contributed by atoms with Gasteiger partial charge < -0.3 is 5.73 Å². The van der Waals surface area contributed by atoms with Gasteiger partial charge in [-0.2, -0.15) is 10.4 Å². The van der Waals surface area contributed by atoms with Crippen LogP contribution in [0.1, 0.15) is 26.4 Å². The lowest BCUT2D eigenvalue weighted by atomic mass is 9.97. The average Bonchev–Trinajstić information content (AvgIpc) is 3.00. The van der Waals surface area contributed by atoms with Gasteiger partial charge in [0.1, 0.15) is 15.9 Å². The molecule has 0 radical (unpaired) electrons. The highest BCUT2D eigenvalue weighted by Crippen LogP contribution is 2.30. The molecule has 0 atom stereocenters. The molecular formula is C22H16N4OS. The molecule has 0 saturated carbocycles. The molecule has 136 valence electrons. The Balaban J connectivity index is 1.71. The molecule has 4 rings (SSSR count). The first-order chi connectivity index (χ1) is 13.6. The number of carbonyl (C=O) groups is 1. The third-order valence-electron chi connectivity index (χ3n) is 4.66. The highest BCUT2D eigenvalue weighted by Gasteiger charge is 2.18. The van der Waals surface area contributed by atoms with Crippen molar-refractivity contribution in [1.82, 2.24) is 5.43 Å². The van der Waals surface area contributed by atoms with E-state index in [1.54, 1.807) is 13.1 Å². The molecule has 28 heavy (non-hydrogen) atoms. The fraction of sp³-hybridized carbons (Fsp3) is 0.0455. The molecule has 0 aliphatic carbocycles. The standard InChI is InChI=1S/C22H16N4OS/c1-13-18(11-23)21(24)28-20(13)22(27)26-25-12-19-16-8-4-2-6-14(16)10-15-7-3-5-9-17(15)19/h2-10,12H,24H2,1H3,(H,26,27)/b25-12-. The Morgan fingerprint density at radius 3 is 2.32 bits per heavy atom. The van der Waals surface area contributed by atoms with Gasteiger partial charge in [0.05, 0.1) is 11.8 Å². The Labute approximate surface area is 165 Å². The van der Waals surface area contributed by atoms with E-state index in [4.69, 9.17) is 11.0 Å². The number of rotatable bonds is 3. The summed E-state index contributed by atoms with van der Waals surface area (Å²) in [7, 11) is 0. The fourth-order valence-electron chi connectivity index (χ4n) is 3.29. The number of nitrogens with one attached hydrogen (secondary N) is 1. The monoisotopic (exact) mass is 384 g/mol. The first-order valence-electron chi connectivity index (χ1n) is 8.63. The van der Waals surface area contributed by atoms with Gasteiger partial charge in [-0.05, 0) is 40.1 Å². The first kappa shape index (κ1) is 17.7. The smallest absolute Gasteiger partial charge is 0.281 e. The Morgan fingerprint density at radius 1 is 1.14 bits per heavy atom. The molecule has 4 aromatic rings. The van der Waals surface area contributed by atoms with Gasteiger partial charge in [-0.15, -0.1) is 11.3 Å². The van der Waals surface area contributed by atoms with Gasteiger partial charge >= 0.3 is 0 Å². The molecule has 1 amide bonds. The van der Waals surface area contributed by atoms with Crippen molar-refractivity contribution in [3.63, 3.8) is 0 Å². The van der Waals surface area contributed by atoms with E-state index in [2.05, 4.69) is 28.7 Å². The van der Waals surface area contributed by atoms with E-state index in [9.17, 15) is 4.79 Å². The zero-order valence-electron chi connectivity index (χ0n) is 15.1. The van der Waals surface area contributed by atoms with Crippen molar-refractivity contribution in [3.8, 4) is 6.07 Å². The first-order valence-corrected chi connectivity index (χ1v) is 9.44. The van der Waals surface area contributed by atoms with Crippen LogP contribution in [0.15, 0.2) is 59.7 Å². The lowest BCUT2D eigenvalue weighted by molar-refractivity contribution is 0.0958. The summed E-state index contributed by atoms with van der Waals surface area (Å²) in [5.41, 5.74) is 10.2. The normalized spacial score (nSPS) is 11.1. The molecular weight excluding hydrogens is 368 g/mol. The van der Waals surface area contributed by atoms with Gasteiger partial charge in [0.2, 0.25) is 0 Å². The largest absolute Gasteiger partial charge is 0.389 e. The quantitative estimate of drug-likeness (QED) is 0.308. The van der Waals surface area contributed by atoms with Crippen LogP contribution >= 0.6 is 11.3 Å². The van der Waals surface area contributed by atoms with Crippen LogP contribution < -0.4 is 11.2 Å². The Hall–Kier alpha value is -3.69. The molecule has 6 heteroatoms. The molecule has 0 fully saturated rings. The molecule has 3 aromatic carbocycles. The lowest BCUT2D eigenvalue weighted by Crippen LogP contribution is -2.17. The van der Waals surface area contributed by atoms with Gasteiger partial charge in [0.15, 0.2) is 0 Å². The molecule has 1 aromatic heterocycles. The van der Waals surface area contributed by atoms with Gasteiger partial charge in [0, 0.05) is 5.56 Å². The summed E-state index contributed by atoms with van der Waals surface area (Å²) in [5, 5.41) is 18.0. The summed E-state index contributed by atoms with van der Waals surface area (Å²) in [6.07, 6.45) is 1.67. The molecule has 0 bridgehead atoms. The molecule has 0 aliphatic rings.